The fraction of sp³-hybridized carbons (Fsp3) is 0.333. The van der Waals surface area contributed by atoms with Crippen LogP contribution >= 0.6 is 0 Å². The van der Waals surface area contributed by atoms with E-state index in [1.807, 2.05) is 60.7 Å². The quantitative estimate of drug-likeness (QED) is 0.0919. The molecule has 0 saturated heterocycles. The third kappa shape index (κ3) is 10.8. The Bertz CT molecular complexity index is 1340. The zero-order valence-corrected chi connectivity index (χ0v) is 24.6. The van der Waals surface area contributed by atoms with Gasteiger partial charge in [-0.3, -0.25) is 4.90 Å². The number of anilines is 1. The summed E-state index contributed by atoms with van der Waals surface area (Å²) >= 11 is 0. The lowest BCUT2D eigenvalue weighted by Crippen LogP contribution is -2.29. The molecule has 0 aliphatic carbocycles. The molecule has 228 valence electrons. The number of nitrogens with zero attached hydrogens (tertiary/aromatic N) is 1. The molecule has 1 atom stereocenters. The minimum atomic E-state index is -2.99. The van der Waals surface area contributed by atoms with Gasteiger partial charge >= 0.3 is 0 Å². The summed E-state index contributed by atoms with van der Waals surface area (Å²) in [7, 11) is 0. The molecule has 0 fully saturated rings. The predicted octanol–water partition coefficient (Wildman–Crippen LogP) is 7.75. The zero-order chi connectivity index (χ0) is 30.3. The number of halogens is 2. The van der Waals surface area contributed by atoms with Gasteiger partial charge in [0.25, 0.3) is 5.92 Å². The van der Waals surface area contributed by atoms with E-state index in [0.29, 0.717) is 37.7 Å². The van der Waals surface area contributed by atoms with Gasteiger partial charge < -0.3 is 20.3 Å². The van der Waals surface area contributed by atoms with Gasteiger partial charge in [0.1, 0.15) is 19.0 Å². The number of ether oxygens (including phenoxy) is 2. The molecule has 0 radical (unpaired) electrons. The Balaban J connectivity index is 1.22. The summed E-state index contributed by atoms with van der Waals surface area (Å²) in [5.74, 6) is -2.39. The van der Waals surface area contributed by atoms with Crippen molar-refractivity contribution < 1.29 is 23.4 Å². The summed E-state index contributed by atoms with van der Waals surface area (Å²) in [6.45, 7) is 2.09. The Kier molecular flexibility index (Phi) is 12.5. The van der Waals surface area contributed by atoms with Crippen LogP contribution in [0.1, 0.15) is 54.0 Å². The van der Waals surface area contributed by atoms with Gasteiger partial charge in [0.2, 0.25) is 0 Å². The minimum Gasteiger partial charge on any atom is -0.487 e. The number of nitrogen functional groups attached to an aromatic ring is 1. The Morgan fingerprint density at radius 2 is 1.40 bits per heavy atom. The van der Waals surface area contributed by atoms with E-state index in [9.17, 15) is 13.9 Å². The van der Waals surface area contributed by atoms with Gasteiger partial charge in [-0.25, -0.2) is 0 Å². The van der Waals surface area contributed by atoms with E-state index in [1.54, 1.807) is 24.3 Å². The van der Waals surface area contributed by atoms with Crippen LogP contribution in [0.4, 0.5) is 14.5 Å². The number of aliphatic hydroxyl groups excluding tert-OH is 1. The van der Waals surface area contributed by atoms with Crippen LogP contribution in [-0.2, 0) is 23.8 Å². The molecular formula is C36H42F2N2O3. The third-order valence-corrected chi connectivity index (χ3v) is 7.33. The average Bonchev–Trinajstić information content (AvgIpc) is 3.03. The van der Waals surface area contributed by atoms with Crippen molar-refractivity contribution in [1.82, 2.24) is 4.90 Å². The Hall–Kier alpha value is -3.78. The first-order valence-corrected chi connectivity index (χ1v) is 14.9. The maximum absolute atomic E-state index is 14.3. The SMILES string of the molecule is Nc1cc([C@H](O)CN(CCCCCCOCC(F)(F)c2ccccc2)Cc2ccccc2)ccc1OCc1ccccc1. The molecule has 4 aromatic rings. The third-order valence-electron chi connectivity index (χ3n) is 7.33. The van der Waals surface area contributed by atoms with E-state index >= 15 is 0 Å². The molecule has 0 amide bonds. The van der Waals surface area contributed by atoms with Crippen LogP contribution in [0.25, 0.3) is 0 Å². The lowest BCUT2D eigenvalue weighted by Gasteiger charge is -2.26. The number of unbranched alkanes of at least 4 members (excludes halogenated alkanes) is 3. The number of rotatable bonds is 18. The van der Waals surface area contributed by atoms with Gasteiger partial charge in [0, 0.05) is 25.3 Å². The zero-order valence-electron chi connectivity index (χ0n) is 24.6. The molecular weight excluding hydrogens is 546 g/mol. The second kappa shape index (κ2) is 16.8. The lowest BCUT2D eigenvalue weighted by molar-refractivity contribution is -0.0831. The monoisotopic (exact) mass is 588 g/mol. The molecule has 0 spiro atoms. The van der Waals surface area contributed by atoms with Gasteiger partial charge in [-0.05, 0) is 48.2 Å². The van der Waals surface area contributed by atoms with Crippen LogP contribution < -0.4 is 10.5 Å². The Morgan fingerprint density at radius 3 is 2.07 bits per heavy atom. The number of hydrogen-bond acceptors (Lipinski definition) is 5. The molecule has 0 aromatic heterocycles. The van der Waals surface area contributed by atoms with Gasteiger partial charge in [0.05, 0.1) is 11.8 Å². The van der Waals surface area contributed by atoms with Crippen LogP contribution in [0.2, 0.25) is 0 Å². The van der Waals surface area contributed by atoms with Crippen LogP contribution in [0.5, 0.6) is 5.75 Å². The lowest BCUT2D eigenvalue weighted by atomic mass is 10.1. The summed E-state index contributed by atoms with van der Waals surface area (Å²) in [5, 5.41) is 11.1. The first kappa shape index (κ1) is 32.1. The Labute approximate surface area is 253 Å². The van der Waals surface area contributed by atoms with E-state index in [1.165, 1.54) is 17.7 Å². The normalized spacial score (nSPS) is 12.4. The number of hydrogen-bond donors (Lipinski definition) is 2. The molecule has 0 saturated carbocycles. The van der Waals surface area contributed by atoms with Gasteiger partial charge in [-0.15, -0.1) is 0 Å². The number of benzene rings is 4. The summed E-state index contributed by atoms with van der Waals surface area (Å²) in [5.41, 5.74) is 9.72. The van der Waals surface area contributed by atoms with Crippen molar-refractivity contribution in [1.29, 1.82) is 0 Å². The topological polar surface area (TPSA) is 68.0 Å². The highest BCUT2D eigenvalue weighted by Gasteiger charge is 2.31. The molecule has 3 N–H and O–H groups in total. The smallest absolute Gasteiger partial charge is 0.296 e. The van der Waals surface area contributed by atoms with E-state index in [-0.39, 0.29) is 5.56 Å². The highest BCUT2D eigenvalue weighted by molar-refractivity contribution is 5.54. The highest BCUT2D eigenvalue weighted by Crippen LogP contribution is 2.29. The molecule has 4 aromatic carbocycles. The number of alkyl halides is 2. The molecule has 0 heterocycles. The molecule has 0 aliphatic rings. The number of nitrogens with two attached hydrogens (primary N) is 1. The van der Waals surface area contributed by atoms with Crippen LogP contribution in [0.15, 0.2) is 109 Å². The molecule has 0 unspecified atom stereocenters. The average molecular weight is 589 g/mol. The molecule has 0 aliphatic heterocycles. The summed E-state index contributed by atoms with van der Waals surface area (Å²) < 4.78 is 39.7. The molecule has 43 heavy (non-hydrogen) atoms. The largest absolute Gasteiger partial charge is 0.487 e. The number of aliphatic hydroxyl groups is 1. The van der Waals surface area contributed by atoms with Crippen molar-refractivity contribution in [2.24, 2.45) is 0 Å². The van der Waals surface area contributed by atoms with E-state index in [0.717, 1.165) is 43.4 Å². The van der Waals surface area contributed by atoms with Crippen molar-refractivity contribution in [2.75, 3.05) is 32.0 Å². The summed E-state index contributed by atoms with van der Waals surface area (Å²) in [4.78, 5) is 2.24. The summed E-state index contributed by atoms with van der Waals surface area (Å²) in [6, 6.07) is 33.3. The van der Waals surface area contributed by atoms with Crippen LogP contribution in [0, 0.1) is 0 Å². The maximum Gasteiger partial charge on any atom is 0.296 e. The maximum atomic E-state index is 14.3. The van der Waals surface area contributed by atoms with E-state index in [2.05, 4.69) is 17.0 Å². The second-order valence-corrected chi connectivity index (χ2v) is 10.8. The second-order valence-electron chi connectivity index (χ2n) is 10.8. The minimum absolute atomic E-state index is 0.0225. The first-order chi connectivity index (χ1) is 20.9. The van der Waals surface area contributed by atoms with Gasteiger partial charge in [-0.2, -0.15) is 8.78 Å². The standard InChI is InChI=1S/C36H42F2N2O3/c37-36(38,32-18-10-5-11-19-32)28-42-23-13-2-1-12-22-40(25-29-14-6-3-7-15-29)26-34(41)31-20-21-35(33(39)24-31)43-27-30-16-8-4-9-17-30/h3-11,14-21,24,34,41H,1-2,12-13,22-23,25-28,39H2/t34-/m1/s1. The summed E-state index contributed by atoms with van der Waals surface area (Å²) in [6.07, 6.45) is 2.77. The van der Waals surface area contributed by atoms with E-state index in [4.69, 9.17) is 15.2 Å². The molecule has 0 bridgehead atoms. The van der Waals surface area contributed by atoms with Crippen LogP contribution in [-0.4, -0.2) is 36.3 Å². The highest BCUT2D eigenvalue weighted by atomic mass is 19.3. The molecule has 5 nitrogen and oxygen atoms in total. The fourth-order valence-corrected chi connectivity index (χ4v) is 4.93. The van der Waals surface area contributed by atoms with Crippen molar-refractivity contribution in [2.45, 2.75) is 50.9 Å². The first-order valence-electron chi connectivity index (χ1n) is 14.9. The Morgan fingerprint density at radius 1 is 0.767 bits per heavy atom. The van der Waals surface area contributed by atoms with Crippen molar-refractivity contribution >= 4 is 5.69 Å². The van der Waals surface area contributed by atoms with Gasteiger partial charge in [-0.1, -0.05) is 110 Å². The van der Waals surface area contributed by atoms with Crippen LogP contribution in [0.3, 0.4) is 0 Å². The van der Waals surface area contributed by atoms with Gasteiger partial charge in [0.15, 0.2) is 0 Å². The van der Waals surface area contributed by atoms with Crippen molar-refractivity contribution in [3.8, 4) is 5.75 Å². The fourth-order valence-electron chi connectivity index (χ4n) is 4.93. The molecule has 7 heteroatoms. The molecule has 4 rings (SSSR count). The van der Waals surface area contributed by atoms with E-state index < -0.39 is 18.6 Å². The predicted molar refractivity (Wildman–Crippen MR) is 168 cm³/mol. The van der Waals surface area contributed by atoms with Crippen molar-refractivity contribution in [3.63, 3.8) is 0 Å². The van der Waals surface area contributed by atoms with Crippen molar-refractivity contribution in [3.05, 3.63) is 131 Å².